The van der Waals surface area contributed by atoms with Gasteiger partial charge in [-0.3, -0.25) is 4.79 Å². The Kier molecular flexibility index (Phi) is 4.83. The summed E-state index contributed by atoms with van der Waals surface area (Å²) in [6.07, 6.45) is 7.23. The molecule has 0 amide bonds. The second kappa shape index (κ2) is 7.58. The van der Waals surface area contributed by atoms with E-state index in [1.165, 1.54) is 11.3 Å². The molecule has 0 saturated heterocycles. The number of benzene rings is 1. The molecule has 2 heterocycles. The molecule has 2 aromatic heterocycles. The van der Waals surface area contributed by atoms with Crippen molar-refractivity contribution in [3.63, 3.8) is 0 Å². The topological polar surface area (TPSA) is 108 Å². The number of carboxylic acids is 1. The van der Waals surface area contributed by atoms with Gasteiger partial charge in [-0.15, -0.1) is 11.3 Å². The molecule has 1 aromatic carbocycles. The quantitative estimate of drug-likeness (QED) is 0.472. The number of aliphatic carboxylic acids is 1. The maximum absolute atomic E-state index is 12.1. The van der Waals surface area contributed by atoms with Crippen LogP contribution in [0.4, 0.5) is 11.6 Å². The molecule has 4 saturated carbocycles. The molecule has 176 valence electrons. The molecule has 4 fully saturated rings. The van der Waals surface area contributed by atoms with Gasteiger partial charge in [-0.1, -0.05) is 6.07 Å². The van der Waals surface area contributed by atoms with Crippen LogP contribution in [0.1, 0.15) is 48.4 Å². The van der Waals surface area contributed by atoms with Gasteiger partial charge in [0.25, 0.3) is 0 Å². The molecular formula is C26H28N4O3S. The molecule has 7 rings (SSSR count). The summed E-state index contributed by atoms with van der Waals surface area (Å²) in [5.74, 6) is 0.189. The molecule has 0 spiro atoms. The van der Waals surface area contributed by atoms with Crippen LogP contribution in [0.5, 0.6) is 0 Å². The van der Waals surface area contributed by atoms with Gasteiger partial charge in [0.15, 0.2) is 0 Å². The Morgan fingerprint density at radius 1 is 1.12 bits per heavy atom. The van der Waals surface area contributed by atoms with Crippen molar-refractivity contribution in [2.24, 2.45) is 23.2 Å². The van der Waals surface area contributed by atoms with Crippen molar-refractivity contribution in [2.75, 3.05) is 5.32 Å². The number of anilines is 2. The summed E-state index contributed by atoms with van der Waals surface area (Å²) in [5, 5.41) is 25.9. The first-order chi connectivity index (χ1) is 16.2. The molecule has 7 nitrogen and oxygen atoms in total. The summed E-state index contributed by atoms with van der Waals surface area (Å²) in [6.45, 7) is 3.98. The number of aryl methyl sites for hydroxylation is 2. The minimum absolute atomic E-state index is 0.0398. The number of nitrogens with one attached hydrogen (secondary N) is 1. The molecule has 2 atom stereocenters. The summed E-state index contributed by atoms with van der Waals surface area (Å²) in [7, 11) is 0. The van der Waals surface area contributed by atoms with Gasteiger partial charge in [0, 0.05) is 23.8 Å². The van der Waals surface area contributed by atoms with Crippen molar-refractivity contribution in [1.29, 1.82) is 0 Å². The summed E-state index contributed by atoms with van der Waals surface area (Å²) >= 11 is 1.53. The number of aliphatic hydroxyl groups is 1. The van der Waals surface area contributed by atoms with Gasteiger partial charge >= 0.3 is 5.97 Å². The van der Waals surface area contributed by atoms with Gasteiger partial charge < -0.3 is 15.5 Å². The third kappa shape index (κ3) is 3.34. The number of thiazole rings is 1. The van der Waals surface area contributed by atoms with Crippen LogP contribution < -0.4 is 5.32 Å². The largest absolute Gasteiger partial charge is 0.481 e. The standard InChI is InChI=1S/C26H28N4O3S/c1-14-5-17(9-20(6-14)30-24-27-4-3-15(2)29-24)21-13-28-22(34-21)26(33)18-7-16-8-19(26)12-25(10-16,11-18)23(31)32/h3-6,9,13,16,18-19,33H,7-8,10-12H2,1-2H3,(H,31,32)(H,27,29,30). The van der Waals surface area contributed by atoms with Crippen LogP contribution in [0.3, 0.4) is 0 Å². The minimum Gasteiger partial charge on any atom is -0.481 e. The van der Waals surface area contributed by atoms with Gasteiger partial charge in [-0.05, 0) is 93.0 Å². The van der Waals surface area contributed by atoms with Crippen LogP contribution in [0, 0.1) is 37.0 Å². The Balaban J connectivity index is 1.31. The SMILES string of the molecule is Cc1cc(Nc2nccc(C)n2)cc(-c2cnc(C3(O)C4CC5CC3CC(C(=O)O)(C5)C4)s2)c1. The number of aromatic nitrogens is 3. The summed E-state index contributed by atoms with van der Waals surface area (Å²) in [4.78, 5) is 26.5. The van der Waals surface area contributed by atoms with Gasteiger partial charge in [-0.25, -0.2) is 15.0 Å². The van der Waals surface area contributed by atoms with Crippen LogP contribution in [-0.2, 0) is 10.4 Å². The zero-order valence-corrected chi connectivity index (χ0v) is 20.1. The fraction of sp³-hybridized carbons (Fsp3) is 0.462. The Hall–Kier alpha value is -2.84. The molecule has 4 aliphatic rings. The molecule has 3 N–H and O–H groups in total. The molecule has 34 heavy (non-hydrogen) atoms. The van der Waals surface area contributed by atoms with Crippen LogP contribution >= 0.6 is 11.3 Å². The van der Waals surface area contributed by atoms with E-state index in [1.807, 2.05) is 32.2 Å². The third-order valence-corrected chi connectivity index (χ3v) is 9.34. The second-order valence-electron chi connectivity index (χ2n) is 10.5. The zero-order chi connectivity index (χ0) is 23.7. The molecule has 8 heteroatoms. The number of nitrogens with zero attached hydrogens (tertiary/aromatic N) is 3. The van der Waals surface area contributed by atoms with E-state index in [-0.39, 0.29) is 11.8 Å². The lowest BCUT2D eigenvalue weighted by Gasteiger charge is -2.61. The summed E-state index contributed by atoms with van der Waals surface area (Å²) < 4.78 is 0. The average molecular weight is 477 g/mol. The maximum Gasteiger partial charge on any atom is 0.309 e. The van der Waals surface area contributed by atoms with Crippen molar-refractivity contribution < 1.29 is 15.0 Å². The van der Waals surface area contributed by atoms with E-state index in [0.717, 1.165) is 51.7 Å². The van der Waals surface area contributed by atoms with Crippen molar-refractivity contribution in [1.82, 2.24) is 15.0 Å². The molecule has 4 aliphatic carbocycles. The van der Waals surface area contributed by atoms with Crippen molar-refractivity contribution >= 4 is 28.9 Å². The molecule has 4 bridgehead atoms. The number of hydrogen-bond acceptors (Lipinski definition) is 7. The first-order valence-electron chi connectivity index (χ1n) is 11.9. The molecule has 2 unspecified atom stereocenters. The molecule has 0 radical (unpaired) electrons. The van der Waals surface area contributed by atoms with Gasteiger partial charge in [0.05, 0.1) is 10.3 Å². The lowest BCUT2D eigenvalue weighted by Crippen LogP contribution is -2.61. The van der Waals surface area contributed by atoms with E-state index < -0.39 is 17.0 Å². The average Bonchev–Trinajstić information content (AvgIpc) is 3.27. The second-order valence-corrected chi connectivity index (χ2v) is 11.5. The number of rotatable bonds is 5. The maximum atomic E-state index is 12.1. The Labute approximate surface area is 202 Å². The predicted octanol–water partition coefficient (Wildman–Crippen LogP) is 5.06. The third-order valence-electron chi connectivity index (χ3n) is 8.15. The Morgan fingerprint density at radius 2 is 1.88 bits per heavy atom. The zero-order valence-electron chi connectivity index (χ0n) is 19.3. The van der Waals surface area contributed by atoms with E-state index in [1.54, 1.807) is 6.20 Å². The highest BCUT2D eigenvalue weighted by Crippen LogP contribution is 2.66. The summed E-state index contributed by atoms with van der Waals surface area (Å²) in [5.41, 5.74) is 2.22. The molecule has 3 aromatic rings. The fourth-order valence-electron chi connectivity index (χ4n) is 6.82. The van der Waals surface area contributed by atoms with Crippen molar-refractivity contribution in [2.45, 2.75) is 51.6 Å². The Morgan fingerprint density at radius 3 is 2.59 bits per heavy atom. The molecular weight excluding hydrogens is 448 g/mol. The van der Waals surface area contributed by atoms with E-state index in [4.69, 9.17) is 4.98 Å². The number of carboxylic acid groups (broad SMARTS) is 1. The van der Waals surface area contributed by atoms with Crippen molar-refractivity contribution in [3.05, 3.63) is 52.9 Å². The van der Waals surface area contributed by atoms with Crippen LogP contribution in [-0.4, -0.2) is 31.1 Å². The van der Waals surface area contributed by atoms with E-state index in [0.29, 0.717) is 24.7 Å². The van der Waals surface area contributed by atoms with Crippen LogP contribution in [0.15, 0.2) is 36.7 Å². The van der Waals surface area contributed by atoms with Gasteiger partial charge in [0.1, 0.15) is 10.6 Å². The highest BCUT2D eigenvalue weighted by Gasteiger charge is 2.65. The predicted molar refractivity (Wildman–Crippen MR) is 130 cm³/mol. The first-order valence-corrected chi connectivity index (χ1v) is 12.7. The number of hydrogen-bond donors (Lipinski definition) is 3. The number of carbonyl (C=O) groups is 1. The highest BCUT2D eigenvalue weighted by atomic mass is 32.1. The Bertz CT molecular complexity index is 1270. The van der Waals surface area contributed by atoms with Crippen LogP contribution in [0.25, 0.3) is 10.4 Å². The normalized spacial score (nSPS) is 31.6. The summed E-state index contributed by atoms with van der Waals surface area (Å²) in [6, 6.07) is 8.07. The van der Waals surface area contributed by atoms with Gasteiger partial charge in [0.2, 0.25) is 5.95 Å². The monoisotopic (exact) mass is 476 g/mol. The van der Waals surface area contributed by atoms with Crippen molar-refractivity contribution in [3.8, 4) is 10.4 Å². The smallest absolute Gasteiger partial charge is 0.309 e. The van der Waals surface area contributed by atoms with E-state index in [2.05, 4.69) is 27.4 Å². The lowest BCUT2D eigenvalue weighted by atomic mass is 9.44. The highest BCUT2D eigenvalue weighted by molar-refractivity contribution is 7.15. The van der Waals surface area contributed by atoms with E-state index >= 15 is 0 Å². The van der Waals surface area contributed by atoms with E-state index in [9.17, 15) is 15.0 Å². The molecule has 0 aliphatic heterocycles. The fourth-order valence-corrected chi connectivity index (χ4v) is 7.98. The first kappa shape index (κ1) is 21.7. The van der Waals surface area contributed by atoms with Gasteiger partial charge in [-0.2, -0.15) is 0 Å². The van der Waals surface area contributed by atoms with Crippen LogP contribution in [0.2, 0.25) is 0 Å². The minimum atomic E-state index is -1.03. The lowest BCUT2D eigenvalue weighted by molar-refractivity contribution is -0.216.